The Kier molecular flexibility index (Phi) is 12.2. The SMILES string of the molecule is CC.CC.CCCCNc1ncc2c(-c3ccc(NC4CCNCC4)cc3)cn(C3CCCCC3)c2n1. The standard InChI is InChI=1S/C27H38N6.2C2H6/c1-2-3-15-29-27-30-18-24-25(19-33(26(24)32-27)23-7-5-4-6-8-23)20-9-11-21(12-10-20)31-22-13-16-28-17-14-22;2*1-2/h9-12,18-19,22-23,28,31H,2-8,13-17H2,1H3,(H,29,30,32);2*1-2H3. The fourth-order valence-electron chi connectivity index (χ4n) is 5.31. The molecular formula is C31H50N6. The molecule has 0 bridgehead atoms. The Bertz CT molecular complexity index is 1030. The topological polar surface area (TPSA) is 66.8 Å². The maximum absolute atomic E-state index is 4.99. The molecule has 3 heterocycles. The van der Waals surface area contributed by atoms with E-state index in [4.69, 9.17) is 4.98 Å². The van der Waals surface area contributed by atoms with Gasteiger partial charge in [0.2, 0.25) is 5.95 Å². The highest BCUT2D eigenvalue weighted by Crippen LogP contribution is 2.37. The van der Waals surface area contributed by atoms with Crippen molar-refractivity contribution in [3.63, 3.8) is 0 Å². The van der Waals surface area contributed by atoms with E-state index in [0.717, 1.165) is 43.0 Å². The average Bonchev–Trinajstić information content (AvgIpc) is 3.36. The first-order valence-electron chi connectivity index (χ1n) is 15.0. The van der Waals surface area contributed by atoms with Gasteiger partial charge in [0.15, 0.2) is 0 Å². The number of rotatable bonds is 8. The minimum Gasteiger partial charge on any atom is -0.382 e. The van der Waals surface area contributed by atoms with Crippen LogP contribution in [0, 0.1) is 0 Å². The molecule has 6 nitrogen and oxygen atoms in total. The van der Waals surface area contributed by atoms with Crippen LogP contribution in [0.1, 0.15) is 98.4 Å². The molecule has 0 radical (unpaired) electrons. The maximum atomic E-state index is 4.99. The molecule has 1 saturated carbocycles. The van der Waals surface area contributed by atoms with Crippen LogP contribution in [0.25, 0.3) is 22.2 Å². The fraction of sp³-hybridized carbons (Fsp3) is 0.613. The quantitative estimate of drug-likeness (QED) is 0.270. The molecule has 1 saturated heterocycles. The highest BCUT2D eigenvalue weighted by Gasteiger charge is 2.21. The van der Waals surface area contributed by atoms with Crippen molar-refractivity contribution in [3.05, 3.63) is 36.7 Å². The molecule has 0 unspecified atom stereocenters. The molecule has 0 atom stereocenters. The van der Waals surface area contributed by atoms with Crippen LogP contribution >= 0.6 is 0 Å². The second-order valence-electron chi connectivity index (χ2n) is 9.70. The van der Waals surface area contributed by atoms with Gasteiger partial charge in [-0.15, -0.1) is 0 Å². The summed E-state index contributed by atoms with van der Waals surface area (Å²) in [5.74, 6) is 0.749. The molecular weight excluding hydrogens is 456 g/mol. The Hall–Kier alpha value is -2.60. The molecule has 204 valence electrons. The van der Waals surface area contributed by atoms with Gasteiger partial charge >= 0.3 is 0 Å². The normalized spacial score (nSPS) is 16.4. The maximum Gasteiger partial charge on any atom is 0.224 e. The molecule has 2 aromatic heterocycles. The van der Waals surface area contributed by atoms with E-state index in [1.165, 1.54) is 68.2 Å². The Morgan fingerprint density at radius 1 is 0.946 bits per heavy atom. The van der Waals surface area contributed by atoms with Gasteiger partial charge in [0.25, 0.3) is 0 Å². The smallest absolute Gasteiger partial charge is 0.224 e. The summed E-state index contributed by atoms with van der Waals surface area (Å²) >= 11 is 0. The van der Waals surface area contributed by atoms with Crippen LogP contribution in [-0.2, 0) is 0 Å². The average molecular weight is 507 g/mol. The third kappa shape index (κ3) is 7.70. The van der Waals surface area contributed by atoms with E-state index in [-0.39, 0.29) is 0 Å². The van der Waals surface area contributed by atoms with Crippen LogP contribution in [0.3, 0.4) is 0 Å². The molecule has 1 aliphatic heterocycles. The van der Waals surface area contributed by atoms with Gasteiger partial charge in [0.05, 0.1) is 0 Å². The van der Waals surface area contributed by atoms with Crippen molar-refractivity contribution in [1.82, 2.24) is 19.9 Å². The minimum absolute atomic E-state index is 0.536. The van der Waals surface area contributed by atoms with Crippen molar-refractivity contribution in [2.24, 2.45) is 0 Å². The van der Waals surface area contributed by atoms with Gasteiger partial charge in [0, 0.05) is 47.7 Å². The lowest BCUT2D eigenvalue weighted by Crippen LogP contribution is -2.35. The molecule has 2 fully saturated rings. The van der Waals surface area contributed by atoms with Crippen molar-refractivity contribution in [1.29, 1.82) is 0 Å². The third-order valence-corrected chi connectivity index (χ3v) is 7.26. The number of piperidine rings is 1. The van der Waals surface area contributed by atoms with Crippen LogP contribution in [0.15, 0.2) is 36.7 Å². The van der Waals surface area contributed by atoms with Crippen LogP contribution in [0.5, 0.6) is 0 Å². The van der Waals surface area contributed by atoms with E-state index in [2.05, 4.69) is 62.9 Å². The van der Waals surface area contributed by atoms with Crippen molar-refractivity contribution >= 4 is 22.7 Å². The van der Waals surface area contributed by atoms with Crippen LogP contribution in [-0.4, -0.2) is 40.2 Å². The lowest BCUT2D eigenvalue weighted by molar-refractivity contribution is 0.360. The van der Waals surface area contributed by atoms with E-state index in [1.54, 1.807) is 0 Å². The van der Waals surface area contributed by atoms with Gasteiger partial charge < -0.3 is 20.5 Å². The number of benzene rings is 1. The Morgan fingerprint density at radius 3 is 2.32 bits per heavy atom. The highest BCUT2D eigenvalue weighted by molar-refractivity contribution is 5.94. The van der Waals surface area contributed by atoms with Crippen LogP contribution in [0.4, 0.5) is 11.6 Å². The summed E-state index contributed by atoms with van der Waals surface area (Å²) in [6, 6.07) is 10.0. The number of hydrogen-bond acceptors (Lipinski definition) is 5. The van der Waals surface area contributed by atoms with Gasteiger partial charge in [-0.3, -0.25) is 0 Å². The summed E-state index contributed by atoms with van der Waals surface area (Å²) in [7, 11) is 0. The first-order chi connectivity index (χ1) is 18.3. The molecule has 3 N–H and O–H groups in total. The van der Waals surface area contributed by atoms with Gasteiger partial charge in [-0.05, 0) is 62.9 Å². The third-order valence-electron chi connectivity index (χ3n) is 7.26. The Morgan fingerprint density at radius 2 is 1.65 bits per heavy atom. The predicted octanol–water partition coefficient (Wildman–Crippen LogP) is 8.03. The van der Waals surface area contributed by atoms with Crippen LogP contribution < -0.4 is 16.0 Å². The summed E-state index contributed by atoms with van der Waals surface area (Å²) < 4.78 is 2.44. The first kappa shape index (κ1) is 29.0. The number of anilines is 2. The molecule has 6 heteroatoms. The fourth-order valence-corrected chi connectivity index (χ4v) is 5.31. The van der Waals surface area contributed by atoms with Crippen molar-refractivity contribution in [2.75, 3.05) is 30.3 Å². The first-order valence-corrected chi connectivity index (χ1v) is 15.0. The molecule has 1 aliphatic carbocycles. The number of fused-ring (bicyclic) bond motifs is 1. The largest absolute Gasteiger partial charge is 0.382 e. The number of hydrogen-bond donors (Lipinski definition) is 3. The highest BCUT2D eigenvalue weighted by atomic mass is 15.2. The van der Waals surface area contributed by atoms with Crippen molar-refractivity contribution in [3.8, 4) is 11.1 Å². The molecule has 0 spiro atoms. The molecule has 0 amide bonds. The number of unbranched alkanes of at least 4 members (excludes halogenated alkanes) is 1. The van der Waals surface area contributed by atoms with Crippen LogP contribution in [0.2, 0.25) is 0 Å². The lowest BCUT2D eigenvalue weighted by atomic mass is 9.95. The number of nitrogens with one attached hydrogen (secondary N) is 3. The predicted molar refractivity (Wildman–Crippen MR) is 161 cm³/mol. The van der Waals surface area contributed by atoms with Gasteiger partial charge in [-0.25, -0.2) is 4.98 Å². The Balaban J connectivity index is 0.000000907. The summed E-state index contributed by atoms with van der Waals surface area (Å²) in [5, 5.41) is 11.7. The number of aromatic nitrogens is 3. The zero-order valence-corrected chi connectivity index (χ0v) is 23.9. The van der Waals surface area contributed by atoms with Gasteiger partial charge in [-0.2, -0.15) is 4.98 Å². The summed E-state index contributed by atoms with van der Waals surface area (Å²) in [5.41, 5.74) is 4.76. The minimum atomic E-state index is 0.536. The van der Waals surface area contributed by atoms with E-state index in [9.17, 15) is 0 Å². The molecule has 3 aromatic rings. The van der Waals surface area contributed by atoms with Gasteiger partial charge in [0.1, 0.15) is 5.65 Å². The second-order valence-corrected chi connectivity index (χ2v) is 9.70. The monoisotopic (exact) mass is 506 g/mol. The molecule has 1 aromatic carbocycles. The zero-order chi connectivity index (χ0) is 26.5. The van der Waals surface area contributed by atoms with E-state index in [1.807, 2.05) is 33.9 Å². The van der Waals surface area contributed by atoms with Crippen molar-refractivity contribution in [2.45, 2.75) is 104 Å². The number of nitrogens with zero attached hydrogens (tertiary/aromatic N) is 3. The molecule has 37 heavy (non-hydrogen) atoms. The molecule has 2 aliphatic rings. The summed E-state index contributed by atoms with van der Waals surface area (Å²) in [6.07, 6.45) is 15.5. The second kappa shape index (κ2) is 15.6. The lowest BCUT2D eigenvalue weighted by Gasteiger charge is -2.24. The van der Waals surface area contributed by atoms with Crippen molar-refractivity contribution < 1.29 is 0 Å². The summed E-state index contributed by atoms with van der Waals surface area (Å²) in [6.45, 7) is 13.3. The van der Waals surface area contributed by atoms with E-state index >= 15 is 0 Å². The van der Waals surface area contributed by atoms with E-state index in [0.29, 0.717) is 12.1 Å². The molecule has 5 rings (SSSR count). The zero-order valence-electron chi connectivity index (χ0n) is 23.9. The summed E-state index contributed by atoms with van der Waals surface area (Å²) in [4.78, 5) is 9.65. The Labute approximate surface area is 225 Å². The van der Waals surface area contributed by atoms with E-state index < -0.39 is 0 Å². The van der Waals surface area contributed by atoms with Gasteiger partial charge in [-0.1, -0.05) is 72.4 Å².